The summed E-state index contributed by atoms with van der Waals surface area (Å²) in [6.07, 6.45) is 0. The van der Waals surface area contributed by atoms with Crippen LogP contribution in [-0.2, 0) is 6.54 Å². The molecule has 2 aromatic carbocycles. The molecule has 0 radical (unpaired) electrons. The number of amides is 1. The molecular formula is C20H27N3O. The van der Waals surface area contributed by atoms with Crippen LogP contribution in [-0.4, -0.2) is 18.0 Å². The van der Waals surface area contributed by atoms with E-state index in [4.69, 9.17) is 5.73 Å². The van der Waals surface area contributed by atoms with Gasteiger partial charge in [-0.2, -0.15) is 0 Å². The first-order valence-corrected chi connectivity index (χ1v) is 8.29. The van der Waals surface area contributed by atoms with Gasteiger partial charge in [-0.1, -0.05) is 42.5 Å². The number of carbonyl (C=O) groups excluding carboxylic acids is 1. The average Bonchev–Trinajstić information content (AvgIpc) is 2.55. The zero-order valence-corrected chi connectivity index (χ0v) is 14.7. The molecule has 0 aliphatic rings. The lowest BCUT2D eigenvalue weighted by atomic mass is 10.0. The van der Waals surface area contributed by atoms with E-state index in [1.54, 1.807) is 6.07 Å². The van der Waals surface area contributed by atoms with Crippen LogP contribution in [0.3, 0.4) is 0 Å². The topological polar surface area (TPSA) is 67.2 Å². The molecule has 0 aliphatic carbocycles. The van der Waals surface area contributed by atoms with Crippen molar-refractivity contribution < 1.29 is 4.79 Å². The molecule has 0 aliphatic heterocycles. The fourth-order valence-corrected chi connectivity index (χ4v) is 2.82. The standard InChI is InChI=1S/C20H27N3O/c1-15(17-9-5-4-6-10-17)23-20(2,3)14-22-13-16-8-7-11-18(12-16)19(21)24/h4-12,15,22-23H,13-14H2,1-3H3,(H2,21,24). The minimum Gasteiger partial charge on any atom is -0.366 e. The largest absolute Gasteiger partial charge is 0.366 e. The molecular weight excluding hydrogens is 298 g/mol. The summed E-state index contributed by atoms with van der Waals surface area (Å²) < 4.78 is 0. The smallest absolute Gasteiger partial charge is 0.248 e. The van der Waals surface area contributed by atoms with E-state index in [0.717, 1.165) is 12.1 Å². The molecule has 1 unspecified atom stereocenters. The van der Waals surface area contributed by atoms with Gasteiger partial charge < -0.3 is 16.4 Å². The lowest BCUT2D eigenvalue weighted by Crippen LogP contribution is -2.48. The number of carbonyl (C=O) groups is 1. The highest BCUT2D eigenvalue weighted by Gasteiger charge is 2.20. The highest BCUT2D eigenvalue weighted by Crippen LogP contribution is 2.16. The van der Waals surface area contributed by atoms with E-state index in [0.29, 0.717) is 12.1 Å². The zero-order valence-electron chi connectivity index (χ0n) is 14.7. The lowest BCUT2D eigenvalue weighted by Gasteiger charge is -2.31. The predicted octanol–water partition coefficient (Wildman–Crippen LogP) is 3.00. The number of nitrogens with one attached hydrogen (secondary N) is 2. The molecule has 2 aromatic rings. The van der Waals surface area contributed by atoms with Gasteiger partial charge in [-0.25, -0.2) is 0 Å². The fourth-order valence-electron chi connectivity index (χ4n) is 2.82. The van der Waals surface area contributed by atoms with Gasteiger partial charge in [-0.05, 0) is 44.0 Å². The molecule has 0 aromatic heterocycles. The van der Waals surface area contributed by atoms with Gasteiger partial charge in [0.15, 0.2) is 0 Å². The Balaban J connectivity index is 1.86. The van der Waals surface area contributed by atoms with Crippen molar-refractivity contribution in [2.75, 3.05) is 6.54 Å². The summed E-state index contributed by atoms with van der Waals surface area (Å²) in [5, 5.41) is 7.10. The van der Waals surface area contributed by atoms with E-state index in [-0.39, 0.29) is 11.6 Å². The van der Waals surface area contributed by atoms with Crippen molar-refractivity contribution in [3.8, 4) is 0 Å². The third kappa shape index (κ3) is 5.48. The van der Waals surface area contributed by atoms with Crippen LogP contribution >= 0.6 is 0 Å². The molecule has 1 atom stereocenters. The third-order valence-corrected chi connectivity index (χ3v) is 4.01. The van der Waals surface area contributed by atoms with E-state index in [1.807, 2.05) is 24.3 Å². The van der Waals surface area contributed by atoms with E-state index in [1.165, 1.54) is 5.56 Å². The molecule has 2 rings (SSSR count). The maximum absolute atomic E-state index is 11.2. The number of hydrogen-bond donors (Lipinski definition) is 3. The minimum absolute atomic E-state index is 0.0590. The van der Waals surface area contributed by atoms with Crippen LogP contribution in [0.1, 0.15) is 48.3 Å². The predicted molar refractivity (Wildman–Crippen MR) is 98.7 cm³/mol. The van der Waals surface area contributed by atoms with Crippen molar-refractivity contribution in [2.24, 2.45) is 5.73 Å². The minimum atomic E-state index is -0.393. The van der Waals surface area contributed by atoms with E-state index >= 15 is 0 Å². The van der Waals surface area contributed by atoms with Crippen molar-refractivity contribution in [3.05, 3.63) is 71.3 Å². The summed E-state index contributed by atoms with van der Waals surface area (Å²) in [5.41, 5.74) is 8.14. The van der Waals surface area contributed by atoms with Crippen LogP contribution in [0.25, 0.3) is 0 Å². The summed E-state index contributed by atoms with van der Waals surface area (Å²) in [7, 11) is 0. The Hall–Kier alpha value is -2.17. The molecule has 0 saturated heterocycles. The first-order valence-electron chi connectivity index (χ1n) is 8.29. The second-order valence-electron chi connectivity index (χ2n) is 6.83. The molecule has 0 bridgehead atoms. The Morgan fingerprint density at radius 3 is 2.50 bits per heavy atom. The number of rotatable bonds is 8. The number of nitrogens with two attached hydrogens (primary N) is 1. The van der Waals surface area contributed by atoms with Crippen molar-refractivity contribution in [3.63, 3.8) is 0 Å². The van der Waals surface area contributed by atoms with Crippen molar-refractivity contribution >= 4 is 5.91 Å². The van der Waals surface area contributed by atoms with Gasteiger partial charge >= 0.3 is 0 Å². The molecule has 1 amide bonds. The Labute approximate surface area is 144 Å². The molecule has 0 spiro atoms. The van der Waals surface area contributed by atoms with Crippen LogP contribution < -0.4 is 16.4 Å². The second kappa shape index (κ2) is 8.08. The maximum atomic E-state index is 11.2. The SMILES string of the molecule is CC(NC(C)(C)CNCc1cccc(C(N)=O)c1)c1ccccc1. The second-order valence-corrected chi connectivity index (χ2v) is 6.83. The van der Waals surface area contributed by atoms with Gasteiger partial charge in [0.2, 0.25) is 5.91 Å². The lowest BCUT2D eigenvalue weighted by molar-refractivity contribution is 0.1000. The molecule has 4 N–H and O–H groups in total. The summed E-state index contributed by atoms with van der Waals surface area (Å²) in [5.74, 6) is -0.393. The molecule has 0 fully saturated rings. The van der Waals surface area contributed by atoms with Crippen LogP contribution in [0.5, 0.6) is 0 Å². The van der Waals surface area contributed by atoms with E-state index in [9.17, 15) is 4.79 Å². The number of primary amides is 1. The summed E-state index contributed by atoms with van der Waals surface area (Å²) in [6, 6.07) is 18.1. The van der Waals surface area contributed by atoms with Gasteiger partial charge in [0.05, 0.1) is 0 Å². The quantitative estimate of drug-likeness (QED) is 0.699. The van der Waals surface area contributed by atoms with Crippen LogP contribution in [0.15, 0.2) is 54.6 Å². The first kappa shape index (κ1) is 18.2. The van der Waals surface area contributed by atoms with Gasteiger partial charge in [-0.15, -0.1) is 0 Å². The van der Waals surface area contributed by atoms with Crippen molar-refractivity contribution in [1.82, 2.24) is 10.6 Å². The van der Waals surface area contributed by atoms with Crippen molar-refractivity contribution in [2.45, 2.75) is 38.9 Å². The maximum Gasteiger partial charge on any atom is 0.248 e. The summed E-state index contributed by atoms with van der Waals surface area (Å²) >= 11 is 0. The normalized spacial score (nSPS) is 12.8. The van der Waals surface area contributed by atoms with E-state index in [2.05, 4.69) is 55.7 Å². The van der Waals surface area contributed by atoms with Crippen LogP contribution in [0.4, 0.5) is 0 Å². The molecule has 128 valence electrons. The first-order chi connectivity index (χ1) is 11.4. The summed E-state index contributed by atoms with van der Waals surface area (Å²) in [4.78, 5) is 11.2. The Morgan fingerprint density at radius 2 is 1.83 bits per heavy atom. The van der Waals surface area contributed by atoms with Gasteiger partial charge in [-0.3, -0.25) is 4.79 Å². The Kier molecular flexibility index (Phi) is 6.12. The monoisotopic (exact) mass is 325 g/mol. The summed E-state index contributed by atoms with van der Waals surface area (Å²) in [6.45, 7) is 8.04. The zero-order chi connectivity index (χ0) is 17.6. The van der Waals surface area contributed by atoms with Gasteiger partial charge in [0, 0.05) is 30.2 Å². The highest BCUT2D eigenvalue weighted by molar-refractivity contribution is 5.92. The Bertz CT molecular complexity index is 668. The molecule has 0 saturated carbocycles. The highest BCUT2D eigenvalue weighted by atomic mass is 16.1. The molecule has 24 heavy (non-hydrogen) atoms. The van der Waals surface area contributed by atoms with Crippen molar-refractivity contribution in [1.29, 1.82) is 0 Å². The van der Waals surface area contributed by atoms with Gasteiger partial charge in [0.1, 0.15) is 0 Å². The number of hydrogen-bond acceptors (Lipinski definition) is 3. The molecule has 0 heterocycles. The third-order valence-electron chi connectivity index (χ3n) is 4.01. The number of benzene rings is 2. The Morgan fingerprint density at radius 1 is 1.12 bits per heavy atom. The van der Waals surface area contributed by atoms with E-state index < -0.39 is 5.91 Å². The fraction of sp³-hybridized carbons (Fsp3) is 0.350. The molecule has 4 nitrogen and oxygen atoms in total. The van der Waals surface area contributed by atoms with Crippen LogP contribution in [0, 0.1) is 0 Å². The average molecular weight is 325 g/mol. The van der Waals surface area contributed by atoms with Crippen LogP contribution in [0.2, 0.25) is 0 Å². The molecule has 4 heteroatoms. The van der Waals surface area contributed by atoms with Gasteiger partial charge in [0.25, 0.3) is 0 Å².